The van der Waals surface area contributed by atoms with Crippen LogP contribution in [0.25, 0.3) is 6.08 Å². The number of rotatable bonds is 7. The molecular formula is C21H20N2O5S. The molecular weight excluding hydrogens is 392 g/mol. The normalized spacial score (nSPS) is 15.0. The molecule has 8 heteroatoms. The highest BCUT2D eigenvalue weighted by Gasteiger charge is 2.34. The summed E-state index contributed by atoms with van der Waals surface area (Å²) in [5.74, 6) is 0.629. The zero-order chi connectivity index (χ0) is 20.8. The van der Waals surface area contributed by atoms with E-state index in [1.807, 2.05) is 12.1 Å². The van der Waals surface area contributed by atoms with Crippen molar-refractivity contribution in [1.29, 1.82) is 0 Å². The fourth-order valence-corrected chi connectivity index (χ4v) is 3.56. The Morgan fingerprint density at radius 1 is 1.10 bits per heavy atom. The summed E-state index contributed by atoms with van der Waals surface area (Å²) in [6.45, 7) is 1.74. The predicted molar refractivity (Wildman–Crippen MR) is 112 cm³/mol. The van der Waals surface area contributed by atoms with Gasteiger partial charge >= 0.3 is 0 Å². The summed E-state index contributed by atoms with van der Waals surface area (Å²) >= 11 is 0.894. The molecule has 29 heavy (non-hydrogen) atoms. The van der Waals surface area contributed by atoms with Crippen LogP contribution in [0.3, 0.4) is 0 Å². The average molecular weight is 412 g/mol. The van der Waals surface area contributed by atoms with Crippen molar-refractivity contribution < 1.29 is 23.9 Å². The van der Waals surface area contributed by atoms with E-state index in [1.165, 1.54) is 6.92 Å². The van der Waals surface area contributed by atoms with Crippen molar-refractivity contribution in [2.24, 2.45) is 0 Å². The van der Waals surface area contributed by atoms with Crippen molar-refractivity contribution in [2.75, 3.05) is 25.6 Å². The van der Waals surface area contributed by atoms with Crippen LogP contribution in [0.5, 0.6) is 11.5 Å². The van der Waals surface area contributed by atoms with Gasteiger partial charge in [-0.25, -0.2) is 0 Å². The molecule has 1 aliphatic rings. The first-order valence-corrected chi connectivity index (χ1v) is 9.68. The second-order valence-electron chi connectivity index (χ2n) is 6.14. The lowest BCUT2D eigenvalue weighted by Gasteiger charge is -2.14. The summed E-state index contributed by atoms with van der Waals surface area (Å²) in [7, 11) is 1.55. The summed E-state index contributed by atoms with van der Waals surface area (Å²) in [6, 6.07) is 14.2. The summed E-state index contributed by atoms with van der Waals surface area (Å²) in [5, 5.41) is 2.34. The van der Waals surface area contributed by atoms with Crippen LogP contribution in [0, 0.1) is 0 Å². The molecule has 0 bridgehead atoms. The van der Waals surface area contributed by atoms with Gasteiger partial charge in [0, 0.05) is 12.6 Å². The summed E-state index contributed by atoms with van der Waals surface area (Å²) in [6.07, 6.45) is 1.66. The number of nitrogens with zero attached hydrogens (tertiary/aromatic N) is 1. The topological polar surface area (TPSA) is 84.9 Å². The summed E-state index contributed by atoms with van der Waals surface area (Å²) in [4.78, 5) is 37.4. The highest BCUT2D eigenvalue weighted by Crippen LogP contribution is 2.32. The van der Waals surface area contributed by atoms with Crippen LogP contribution in [-0.2, 0) is 9.59 Å². The van der Waals surface area contributed by atoms with E-state index in [1.54, 1.807) is 49.6 Å². The summed E-state index contributed by atoms with van der Waals surface area (Å²) in [5.41, 5.74) is 1.42. The first kappa shape index (κ1) is 20.5. The Balaban J connectivity index is 1.61. The smallest absolute Gasteiger partial charge is 0.293 e. The zero-order valence-corrected chi connectivity index (χ0v) is 16.8. The monoisotopic (exact) mass is 412 g/mol. The van der Waals surface area contributed by atoms with Crippen LogP contribution in [0.15, 0.2) is 53.4 Å². The van der Waals surface area contributed by atoms with Gasteiger partial charge in [-0.2, -0.15) is 0 Å². The van der Waals surface area contributed by atoms with E-state index in [0.717, 1.165) is 22.2 Å². The number of benzene rings is 2. The van der Waals surface area contributed by atoms with Crippen molar-refractivity contribution in [3.05, 3.63) is 59.0 Å². The second kappa shape index (κ2) is 9.29. The predicted octanol–water partition coefficient (Wildman–Crippen LogP) is 3.77. The van der Waals surface area contributed by atoms with E-state index in [4.69, 9.17) is 9.47 Å². The SMILES string of the molecule is COc1ccccc1OCCN1C(=O)S/C(=C\c2ccc(NC(C)=O)cc2)C1=O. The van der Waals surface area contributed by atoms with Gasteiger partial charge in [0.05, 0.1) is 18.6 Å². The number of imide groups is 1. The van der Waals surface area contributed by atoms with E-state index in [-0.39, 0.29) is 30.2 Å². The number of carbonyl (C=O) groups is 3. The molecule has 3 amide bonds. The highest BCUT2D eigenvalue weighted by atomic mass is 32.2. The van der Waals surface area contributed by atoms with Gasteiger partial charge in [0.1, 0.15) is 6.61 Å². The number of methoxy groups -OCH3 is 1. The number of anilines is 1. The molecule has 1 saturated heterocycles. The van der Waals surface area contributed by atoms with Crippen LogP contribution in [0.2, 0.25) is 0 Å². The average Bonchev–Trinajstić information content (AvgIpc) is 2.96. The van der Waals surface area contributed by atoms with Gasteiger partial charge in [0.15, 0.2) is 11.5 Å². The largest absolute Gasteiger partial charge is 0.493 e. The third-order valence-corrected chi connectivity index (χ3v) is 4.95. The maximum absolute atomic E-state index is 12.6. The molecule has 0 radical (unpaired) electrons. The molecule has 7 nitrogen and oxygen atoms in total. The number of para-hydroxylation sites is 2. The molecule has 0 aliphatic carbocycles. The van der Waals surface area contributed by atoms with Crippen molar-refractivity contribution in [3.63, 3.8) is 0 Å². The highest BCUT2D eigenvalue weighted by molar-refractivity contribution is 8.18. The van der Waals surface area contributed by atoms with E-state index < -0.39 is 0 Å². The first-order chi connectivity index (χ1) is 14.0. The summed E-state index contributed by atoms with van der Waals surface area (Å²) < 4.78 is 10.9. The number of ether oxygens (including phenoxy) is 2. The number of amides is 3. The third kappa shape index (κ3) is 5.17. The minimum absolute atomic E-state index is 0.140. The molecule has 0 atom stereocenters. The Morgan fingerprint density at radius 2 is 1.79 bits per heavy atom. The van der Waals surface area contributed by atoms with Gasteiger partial charge < -0.3 is 14.8 Å². The molecule has 2 aromatic rings. The molecule has 1 aliphatic heterocycles. The Hall–Kier alpha value is -3.26. The maximum Gasteiger partial charge on any atom is 0.293 e. The third-order valence-electron chi connectivity index (χ3n) is 4.04. The fraction of sp³-hybridized carbons (Fsp3) is 0.190. The lowest BCUT2D eigenvalue weighted by molar-refractivity contribution is -0.123. The number of carbonyl (C=O) groups excluding carboxylic acids is 3. The molecule has 0 saturated carbocycles. The van der Waals surface area contributed by atoms with Gasteiger partial charge in [-0.1, -0.05) is 24.3 Å². The van der Waals surface area contributed by atoms with Gasteiger partial charge in [-0.05, 0) is 47.7 Å². The minimum atomic E-state index is -0.352. The van der Waals surface area contributed by atoms with Crippen molar-refractivity contribution in [1.82, 2.24) is 4.90 Å². The standard InChI is InChI=1S/C21H20N2O5S/c1-14(24)22-16-9-7-15(8-10-16)13-19-20(25)23(21(26)29-19)11-12-28-18-6-4-3-5-17(18)27-2/h3-10,13H,11-12H2,1-2H3,(H,22,24)/b19-13-. The van der Waals surface area contributed by atoms with Gasteiger partial charge in [-0.15, -0.1) is 0 Å². The molecule has 0 unspecified atom stereocenters. The molecule has 0 aromatic heterocycles. The first-order valence-electron chi connectivity index (χ1n) is 8.87. The van der Waals surface area contributed by atoms with Crippen molar-refractivity contribution in [2.45, 2.75) is 6.92 Å². The maximum atomic E-state index is 12.6. The van der Waals surface area contributed by atoms with Crippen LogP contribution in [0.4, 0.5) is 10.5 Å². The Kier molecular flexibility index (Phi) is 6.56. The number of nitrogens with one attached hydrogen (secondary N) is 1. The van der Waals surface area contributed by atoms with Gasteiger partial charge in [-0.3, -0.25) is 19.3 Å². The molecule has 2 aromatic carbocycles. The Morgan fingerprint density at radius 3 is 2.45 bits per heavy atom. The number of thioether (sulfide) groups is 1. The van der Waals surface area contributed by atoms with Crippen molar-refractivity contribution in [3.8, 4) is 11.5 Å². The lowest BCUT2D eigenvalue weighted by atomic mass is 10.2. The van der Waals surface area contributed by atoms with Gasteiger partial charge in [0.2, 0.25) is 5.91 Å². The molecule has 1 heterocycles. The van der Waals surface area contributed by atoms with Crippen LogP contribution in [-0.4, -0.2) is 42.2 Å². The fourth-order valence-electron chi connectivity index (χ4n) is 2.70. The van der Waals surface area contributed by atoms with Crippen LogP contribution < -0.4 is 14.8 Å². The van der Waals surface area contributed by atoms with E-state index >= 15 is 0 Å². The molecule has 150 valence electrons. The van der Waals surface area contributed by atoms with E-state index in [2.05, 4.69) is 5.32 Å². The lowest BCUT2D eigenvalue weighted by Crippen LogP contribution is -2.32. The minimum Gasteiger partial charge on any atom is -0.493 e. The molecule has 1 fully saturated rings. The number of hydrogen-bond acceptors (Lipinski definition) is 6. The zero-order valence-electron chi connectivity index (χ0n) is 16.0. The van der Waals surface area contributed by atoms with Crippen molar-refractivity contribution >= 4 is 40.6 Å². The molecule has 0 spiro atoms. The quantitative estimate of drug-likeness (QED) is 0.697. The van der Waals surface area contributed by atoms with E-state index in [9.17, 15) is 14.4 Å². The van der Waals surface area contributed by atoms with Crippen LogP contribution in [0.1, 0.15) is 12.5 Å². The van der Waals surface area contributed by atoms with E-state index in [0.29, 0.717) is 22.1 Å². The molecule has 3 rings (SSSR count). The Labute approximate surface area is 172 Å². The number of hydrogen-bond donors (Lipinski definition) is 1. The molecule has 1 N–H and O–H groups in total. The van der Waals surface area contributed by atoms with Crippen LogP contribution >= 0.6 is 11.8 Å². The second-order valence-corrected chi connectivity index (χ2v) is 7.13. The Bertz CT molecular complexity index is 956. The van der Waals surface area contributed by atoms with Gasteiger partial charge in [0.25, 0.3) is 11.1 Å².